The van der Waals surface area contributed by atoms with Gasteiger partial charge < -0.3 is 5.73 Å². The molecule has 7 nitrogen and oxygen atoms in total. The standard InChI is InChI=1S/C14H13N3O4/c15-13-7-6-11(17(19)20)8-12(13)14(18)16-21-9-10-4-2-1-3-5-10/h1-8H,9,15H2,(H,16,18). The molecule has 0 spiro atoms. The second-order valence-electron chi connectivity index (χ2n) is 4.23. The topological polar surface area (TPSA) is 107 Å². The van der Waals surface area contributed by atoms with Crippen LogP contribution in [0.25, 0.3) is 0 Å². The van der Waals surface area contributed by atoms with Crippen molar-refractivity contribution in [3.63, 3.8) is 0 Å². The molecule has 0 saturated carbocycles. The van der Waals surface area contributed by atoms with Gasteiger partial charge in [-0.1, -0.05) is 30.3 Å². The lowest BCUT2D eigenvalue weighted by Gasteiger charge is -2.07. The molecular formula is C14H13N3O4. The van der Waals surface area contributed by atoms with E-state index < -0.39 is 10.8 Å². The smallest absolute Gasteiger partial charge is 0.277 e. The van der Waals surface area contributed by atoms with Crippen molar-refractivity contribution in [2.24, 2.45) is 0 Å². The van der Waals surface area contributed by atoms with E-state index in [2.05, 4.69) is 5.48 Å². The second-order valence-corrected chi connectivity index (χ2v) is 4.23. The van der Waals surface area contributed by atoms with Crippen molar-refractivity contribution in [2.75, 3.05) is 5.73 Å². The molecule has 3 N–H and O–H groups in total. The number of rotatable bonds is 5. The number of nitrogens with one attached hydrogen (secondary N) is 1. The highest BCUT2D eigenvalue weighted by Crippen LogP contribution is 2.19. The first kappa shape index (κ1) is 14.5. The number of hydroxylamine groups is 1. The van der Waals surface area contributed by atoms with Gasteiger partial charge in [0.25, 0.3) is 11.6 Å². The van der Waals surface area contributed by atoms with Crippen molar-refractivity contribution >= 4 is 17.3 Å². The van der Waals surface area contributed by atoms with E-state index in [1.165, 1.54) is 12.1 Å². The molecule has 2 rings (SSSR count). The number of hydrogen-bond acceptors (Lipinski definition) is 5. The van der Waals surface area contributed by atoms with Crippen molar-refractivity contribution in [3.8, 4) is 0 Å². The molecule has 0 aliphatic carbocycles. The molecule has 0 aliphatic rings. The number of hydrogen-bond donors (Lipinski definition) is 2. The summed E-state index contributed by atoms with van der Waals surface area (Å²) in [6.45, 7) is 0.182. The summed E-state index contributed by atoms with van der Waals surface area (Å²) in [5.74, 6) is -0.632. The number of carbonyl (C=O) groups is 1. The molecule has 108 valence electrons. The SMILES string of the molecule is Nc1ccc([N+](=O)[O-])cc1C(=O)NOCc1ccccc1. The van der Waals surface area contributed by atoms with Crippen LogP contribution < -0.4 is 11.2 Å². The largest absolute Gasteiger partial charge is 0.398 e. The molecule has 0 fully saturated rings. The number of anilines is 1. The van der Waals surface area contributed by atoms with E-state index >= 15 is 0 Å². The van der Waals surface area contributed by atoms with Crippen LogP contribution in [0.15, 0.2) is 48.5 Å². The summed E-state index contributed by atoms with van der Waals surface area (Å²) in [4.78, 5) is 27.0. The number of carbonyl (C=O) groups excluding carboxylic acids is 1. The fourth-order valence-electron chi connectivity index (χ4n) is 1.67. The van der Waals surface area contributed by atoms with Crippen LogP contribution in [0.2, 0.25) is 0 Å². The minimum atomic E-state index is -0.632. The number of amides is 1. The number of non-ortho nitro benzene ring substituents is 1. The molecule has 0 radical (unpaired) electrons. The van der Waals surface area contributed by atoms with Gasteiger partial charge in [-0.05, 0) is 11.6 Å². The molecular weight excluding hydrogens is 274 g/mol. The summed E-state index contributed by atoms with van der Waals surface area (Å²) in [5.41, 5.74) is 8.65. The third-order valence-electron chi connectivity index (χ3n) is 2.74. The van der Waals surface area contributed by atoms with E-state index in [-0.39, 0.29) is 23.5 Å². The first-order valence-corrected chi connectivity index (χ1v) is 6.08. The average Bonchev–Trinajstić information content (AvgIpc) is 2.48. The van der Waals surface area contributed by atoms with Crippen LogP contribution in [0.3, 0.4) is 0 Å². The van der Waals surface area contributed by atoms with Gasteiger partial charge in [-0.25, -0.2) is 5.48 Å². The van der Waals surface area contributed by atoms with Crippen LogP contribution in [-0.4, -0.2) is 10.8 Å². The van der Waals surface area contributed by atoms with E-state index in [0.717, 1.165) is 11.6 Å². The highest BCUT2D eigenvalue weighted by atomic mass is 16.7. The predicted molar refractivity (Wildman–Crippen MR) is 76.2 cm³/mol. The molecule has 0 aliphatic heterocycles. The lowest BCUT2D eigenvalue weighted by Crippen LogP contribution is -2.24. The normalized spacial score (nSPS) is 10.1. The Balaban J connectivity index is 2.00. The first-order valence-electron chi connectivity index (χ1n) is 6.08. The zero-order valence-electron chi connectivity index (χ0n) is 11.0. The number of nitro groups is 1. The molecule has 0 atom stereocenters. The first-order chi connectivity index (χ1) is 10.1. The highest BCUT2D eigenvalue weighted by molar-refractivity contribution is 5.99. The van der Waals surface area contributed by atoms with Crippen molar-refractivity contribution in [3.05, 3.63) is 69.8 Å². The van der Waals surface area contributed by atoms with Gasteiger partial charge in [-0.2, -0.15) is 0 Å². The highest BCUT2D eigenvalue weighted by Gasteiger charge is 2.15. The Morgan fingerprint density at radius 2 is 1.95 bits per heavy atom. The Hall–Kier alpha value is -2.93. The maximum Gasteiger partial charge on any atom is 0.277 e. The van der Waals surface area contributed by atoms with Gasteiger partial charge in [0.15, 0.2) is 0 Å². The van der Waals surface area contributed by atoms with Gasteiger partial charge in [-0.15, -0.1) is 0 Å². The van der Waals surface area contributed by atoms with Crippen molar-refractivity contribution in [1.29, 1.82) is 0 Å². The van der Waals surface area contributed by atoms with Crippen LogP contribution >= 0.6 is 0 Å². The number of nitro benzene ring substituents is 1. The zero-order chi connectivity index (χ0) is 15.2. The van der Waals surface area contributed by atoms with Gasteiger partial charge in [0.05, 0.1) is 17.1 Å². The van der Waals surface area contributed by atoms with Gasteiger partial charge in [0, 0.05) is 17.8 Å². The van der Waals surface area contributed by atoms with Gasteiger partial charge in [-0.3, -0.25) is 19.7 Å². The summed E-state index contributed by atoms with van der Waals surface area (Å²) in [6.07, 6.45) is 0. The molecule has 0 heterocycles. The number of nitrogens with zero attached hydrogens (tertiary/aromatic N) is 1. The fraction of sp³-hybridized carbons (Fsp3) is 0.0714. The average molecular weight is 287 g/mol. The third kappa shape index (κ3) is 3.77. The van der Waals surface area contributed by atoms with Crippen LogP contribution in [-0.2, 0) is 11.4 Å². The summed E-state index contributed by atoms with van der Waals surface area (Å²) in [7, 11) is 0. The zero-order valence-corrected chi connectivity index (χ0v) is 11.0. The van der Waals surface area contributed by atoms with Crippen molar-refractivity contribution in [1.82, 2.24) is 5.48 Å². The lowest BCUT2D eigenvalue weighted by molar-refractivity contribution is -0.384. The molecule has 0 bridgehead atoms. The van der Waals surface area contributed by atoms with E-state index in [1.807, 2.05) is 30.3 Å². The molecule has 0 aromatic heterocycles. The van der Waals surface area contributed by atoms with Gasteiger partial charge >= 0.3 is 0 Å². The Bertz CT molecular complexity index is 659. The quantitative estimate of drug-likeness (QED) is 0.497. The predicted octanol–water partition coefficient (Wildman–Crippen LogP) is 2.04. The minimum Gasteiger partial charge on any atom is -0.398 e. The third-order valence-corrected chi connectivity index (χ3v) is 2.74. The van der Waals surface area contributed by atoms with Crippen LogP contribution in [0.5, 0.6) is 0 Å². The number of nitrogen functional groups attached to an aromatic ring is 1. The van der Waals surface area contributed by atoms with E-state index in [1.54, 1.807) is 0 Å². The molecule has 21 heavy (non-hydrogen) atoms. The van der Waals surface area contributed by atoms with Crippen LogP contribution in [0.4, 0.5) is 11.4 Å². The summed E-state index contributed by atoms with van der Waals surface area (Å²) >= 11 is 0. The summed E-state index contributed by atoms with van der Waals surface area (Å²) in [6, 6.07) is 12.9. The summed E-state index contributed by atoms with van der Waals surface area (Å²) in [5, 5.41) is 10.7. The van der Waals surface area contributed by atoms with Crippen LogP contribution in [0, 0.1) is 10.1 Å². The number of nitrogens with two attached hydrogens (primary N) is 1. The maximum atomic E-state index is 11.9. The van der Waals surface area contributed by atoms with E-state index in [0.29, 0.717) is 0 Å². The second kappa shape index (κ2) is 6.49. The minimum absolute atomic E-state index is 0.00254. The van der Waals surface area contributed by atoms with Gasteiger partial charge in [0.1, 0.15) is 0 Å². The maximum absolute atomic E-state index is 11.9. The molecule has 1 amide bonds. The van der Waals surface area contributed by atoms with Crippen molar-refractivity contribution in [2.45, 2.75) is 6.61 Å². The Labute approximate surface area is 120 Å². The van der Waals surface area contributed by atoms with E-state index in [9.17, 15) is 14.9 Å². The van der Waals surface area contributed by atoms with Crippen molar-refractivity contribution < 1.29 is 14.6 Å². The Morgan fingerprint density at radius 1 is 1.24 bits per heavy atom. The fourth-order valence-corrected chi connectivity index (χ4v) is 1.67. The van der Waals surface area contributed by atoms with Crippen LogP contribution in [0.1, 0.15) is 15.9 Å². The molecule has 0 unspecified atom stereocenters. The molecule has 7 heteroatoms. The lowest BCUT2D eigenvalue weighted by atomic mass is 10.1. The molecule has 0 saturated heterocycles. The monoisotopic (exact) mass is 287 g/mol. The Kier molecular flexibility index (Phi) is 4.47. The summed E-state index contributed by atoms with van der Waals surface area (Å²) < 4.78 is 0. The molecule has 2 aromatic carbocycles. The Morgan fingerprint density at radius 3 is 2.62 bits per heavy atom. The van der Waals surface area contributed by atoms with E-state index in [4.69, 9.17) is 10.6 Å². The van der Waals surface area contributed by atoms with Gasteiger partial charge in [0.2, 0.25) is 0 Å². The molecule has 2 aromatic rings. The number of benzene rings is 2.